The molecule has 0 saturated heterocycles. The van der Waals surface area contributed by atoms with Gasteiger partial charge in [-0.1, -0.05) is 13.8 Å². The maximum absolute atomic E-state index is 12.1. The zero-order chi connectivity index (χ0) is 16.3. The van der Waals surface area contributed by atoms with Gasteiger partial charge in [-0.2, -0.15) is 14.6 Å². The van der Waals surface area contributed by atoms with Gasteiger partial charge in [0, 0.05) is 0 Å². The van der Waals surface area contributed by atoms with Gasteiger partial charge in [-0.15, -0.1) is 11.3 Å². The van der Waals surface area contributed by atoms with Gasteiger partial charge in [0.25, 0.3) is 0 Å². The highest BCUT2D eigenvalue weighted by atomic mass is 32.1. The van der Waals surface area contributed by atoms with Crippen LogP contribution in [0.2, 0.25) is 0 Å². The molecule has 2 aromatic rings. The van der Waals surface area contributed by atoms with E-state index in [1.165, 1.54) is 11.3 Å². The lowest BCUT2D eigenvalue weighted by Crippen LogP contribution is -2.50. The summed E-state index contributed by atoms with van der Waals surface area (Å²) < 4.78 is 2.09. The van der Waals surface area contributed by atoms with Crippen molar-refractivity contribution in [3.63, 3.8) is 0 Å². The van der Waals surface area contributed by atoms with Crippen molar-refractivity contribution in [2.45, 2.75) is 32.9 Å². The molecule has 0 aliphatic carbocycles. The SMILES string of the molecule is CC(C)[C@@](C)(C#N)NC(=O)Cn1nnn(-c2cccs2)c1=O. The van der Waals surface area contributed by atoms with Crippen LogP contribution < -0.4 is 11.0 Å². The van der Waals surface area contributed by atoms with Crippen molar-refractivity contribution in [1.82, 2.24) is 25.1 Å². The van der Waals surface area contributed by atoms with Crippen LogP contribution in [0.3, 0.4) is 0 Å². The van der Waals surface area contributed by atoms with Gasteiger partial charge in [-0.3, -0.25) is 4.79 Å². The first-order chi connectivity index (χ1) is 10.4. The number of nitriles is 1. The third-order valence-corrected chi connectivity index (χ3v) is 4.28. The summed E-state index contributed by atoms with van der Waals surface area (Å²) in [5.41, 5.74) is -1.49. The number of carbonyl (C=O) groups is 1. The quantitative estimate of drug-likeness (QED) is 0.866. The molecule has 1 atom stereocenters. The van der Waals surface area contributed by atoms with E-state index < -0.39 is 17.1 Å². The van der Waals surface area contributed by atoms with Gasteiger partial charge in [0.15, 0.2) is 0 Å². The van der Waals surface area contributed by atoms with Crippen LogP contribution in [0.25, 0.3) is 5.00 Å². The minimum atomic E-state index is -0.996. The monoisotopic (exact) mass is 320 g/mol. The summed E-state index contributed by atoms with van der Waals surface area (Å²) in [5, 5.41) is 21.7. The van der Waals surface area contributed by atoms with Crippen molar-refractivity contribution in [3.05, 3.63) is 28.0 Å². The number of nitrogens with one attached hydrogen (secondary N) is 1. The topological polar surface area (TPSA) is 106 Å². The number of rotatable bonds is 5. The Morgan fingerprint density at radius 1 is 1.55 bits per heavy atom. The van der Waals surface area contributed by atoms with Crippen molar-refractivity contribution >= 4 is 17.2 Å². The predicted molar refractivity (Wildman–Crippen MR) is 80.5 cm³/mol. The van der Waals surface area contributed by atoms with Crippen molar-refractivity contribution < 1.29 is 4.79 Å². The van der Waals surface area contributed by atoms with Gasteiger partial charge in [0.1, 0.15) is 17.1 Å². The molecule has 8 nitrogen and oxygen atoms in total. The lowest BCUT2D eigenvalue weighted by molar-refractivity contribution is -0.123. The number of tetrazole rings is 1. The number of nitrogens with zero attached hydrogens (tertiary/aromatic N) is 5. The predicted octanol–water partition coefficient (Wildman–Crippen LogP) is 0.545. The zero-order valence-electron chi connectivity index (χ0n) is 12.5. The first-order valence-corrected chi connectivity index (χ1v) is 7.54. The number of amides is 1. The van der Waals surface area contributed by atoms with Crippen LogP contribution in [0.4, 0.5) is 0 Å². The Morgan fingerprint density at radius 3 is 2.82 bits per heavy atom. The van der Waals surface area contributed by atoms with Crippen molar-refractivity contribution in [1.29, 1.82) is 5.26 Å². The van der Waals surface area contributed by atoms with Gasteiger partial charge in [-0.25, -0.2) is 4.79 Å². The highest BCUT2D eigenvalue weighted by Crippen LogP contribution is 2.15. The number of hydrogen-bond donors (Lipinski definition) is 1. The minimum Gasteiger partial charge on any atom is -0.336 e. The third-order valence-electron chi connectivity index (χ3n) is 3.43. The summed E-state index contributed by atoms with van der Waals surface area (Å²) in [6.45, 7) is 5.03. The number of aromatic nitrogens is 4. The molecule has 2 heterocycles. The van der Waals surface area contributed by atoms with Gasteiger partial charge in [-0.05, 0) is 40.8 Å². The molecule has 0 radical (unpaired) electrons. The first-order valence-electron chi connectivity index (χ1n) is 6.66. The Hall–Kier alpha value is -2.47. The molecule has 0 fully saturated rings. The number of carbonyl (C=O) groups excluding carboxylic acids is 1. The second-order valence-corrected chi connectivity index (χ2v) is 6.23. The molecule has 0 aliphatic rings. The van der Waals surface area contributed by atoms with Crippen molar-refractivity contribution in [2.24, 2.45) is 5.92 Å². The molecule has 116 valence electrons. The molecule has 0 unspecified atom stereocenters. The summed E-state index contributed by atoms with van der Waals surface area (Å²) in [6.07, 6.45) is 0. The van der Waals surface area contributed by atoms with E-state index >= 15 is 0 Å². The molecule has 2 rings (SSSR count). The lowest BCUT2D eigenvalue weighted by Gasteiger charge is -2.27. The van der Waals surface area contributed by atoms with E-state index in [0.29, 0.717) is 5.00 Å². The van der Waals surface area contributed by atoms with Crippen LogP contribution in [-0.4, -0.2) is 31.2 Å². The second-order valence-electron chi connectivity index (χ2n) is 5.30. The molecule has 0 aliphatic heterocycles. The van der Waals surface area contributed by atoms with Crippen LogP contribution >= 0.6 is 11.3 Å². The molecule has 22 heavy (non-hydrogen) atoms. The van der Waals surface area contributed by atoms with Crippen LogP contribution in [0.1, 0.15) is 20.8 Å². The fraction of sp³-hybridized carbons (Fsp3) is 0.462. The van der Waals surface area contributed by atoms with E-state index in [1.54, 1.807) is 19.1 Å². The van der Waals surface area contributed by atoms with E-state index in [1.807, 2.05) is 19.2 Å². The summed E-state index contributed by atoms with van der Waals surface area (Å²) in [6, 6.07) is 5.60. The van der Waals surface area contributed by atoms with Crippen molar-refractivity contribution in [2.75, 3.05) is 0 Å². The van der Waals surface area contributed by atoms with E-state index in [9.17, 15) is 14.9 Å². The Morgan fingerprint density at radius 2 is 2.27 bits per heavy atom. The maximum Gasteiger partial charge on any atom is 0.369 e. The molecular formula is C13H16N6O2S. The molecular weight excluding hydrogens is 304 g/mol. The van der Waals surface area contributed by atoms with E-state index in [2.05, 4.69) is 21.8 Å². The Balaban J connectivity index is 2.14. The number of thiophene rings is 1. The summed E-state index contributed by atoms with van der Waals surface area (Å²) >= 11 is 1.34. The molecule has 9 heteroatoms. The standard InChI is InChI=1S/C13H16N6O2S/c1-9(2)13(3,8-14)15-10(20)7-18-12(21)19(17-16-18)11-5-4-6-22-11/h4-6,9H,7H2,1-3H3,(H,15,20)/t13-/m1/s1. The fourth-order valence-electron chi connectivity index (χ4n) is 1.67. The normalized spacial score (nSPS) is 13.6. The summed E-state index contributed by atoms with van der Waals surface area (Å²) in [4.78, 5) is 24.2. The van der Waals surface area contributed by atoms with Crippen LogP contribution in [-0.2, 0) is 11.3 Å². The van der Waals surface area contributed by atoms with Crippen LogP contribution in [0.15, 0.2) is 22.3 Å². The minimum absolute atomic E-state index is 0.0695. The smallest absolute Gasteiger partial charge is 0.336 e. The molecule has 1 amide bonds. The Bertz CT molecular complexity index is 754. The van der Waals surface area contributed by atoms with E-state index in [4.69, 9.17) is 0 Å². The molecule has 1 N–H and O–H groups in total. The Kier molecular flexibility index (Phi) is 4.42. The highest BCUT2D eigenvalue weighted by molar-refractivity contribution is 7.12. The molecule has 0 aromatic carbocycles. The molecule has 2 aromatic heterocycles. The molecule has 0 saturated carbocycles. The Labute approximate surface area is 131 Å². The van der Waals surface area contributed by atoms with E-state index in [-0.39, 0.29) is 12.5 Å². The van der Waals surface area contributed by atoms with Gasteiger partial charge in [0.05, 0.1) is 6.07 Å². The largest absolute Gasteiger partial charge is 0.369 e. The zero-order valence-corrected chi connectivity index (χ0v) is 13.3. The maximum atomic E-state index is 12.1. The molecule has 0 spiro atoms. The number of hydrogen-bond acceptors (Lipinski definition) is 6. The van der Waals surface area contributed by atoms with Gasteiger partial charge in [0.2, 0.25) is 5.91 Å². The van der Waals surface area contributed by atoms with Gasteiger partial charge < -0.3 is 5.32 Å². The van der Waals surface area contributed by atoms with Crippen LogP contribution in [0, 0.1) is 17.2 Å². The average Bonchev–Trinajstić information content (AvgIpc) is 3.09. The molecule has 0 bridgehead atoms. The van der Waals surface area contributed by atoms with Gasteiger partial charge >= 0.3 is 5.69 Å². The van der Waals surface area contributed by atoms with Crippen LogP contribution in [0.5, 0.6) is 0 Å². The second kappa shape index (κ2) is 6.11. The summed E-state index contributed by atoms with van der Waals surface area (Å²) in [5.74, 6) is -0.530. The fourth-order valence-corrected chi connectivity index (χ4v) is 2.34. The third kappa shape index (κ3) is 3.07. The summed E-state index contributed by atoms with van der Waals surface area (Å²) in [7, 11) is 0. The lowest BCUT2D eigenvalue weighted by atomic mass is 9.90. The highest BCUT2D eigenvalue weighted by Gasteiger charge is 2.30. The van der Waals surface area contributed by atoms with E-state index in [0.717, 1.165) is 9.36 Å². The van der Waals surface area contributed by atoms with Crippen molar-refractivity contribution in [3.8, 4) is 11.1 Å². The first kappa shape index (κ1) is 15.9. The average molecular weight is 320 g/mol.